The highest BCUT2D eigenvalue weighted by Crippen LogP contribution is 2.29. The highest BCUT2D eigenvalue weighted by molar-refractivity contribution is 5.79. The van der Waals surface area contributed by atoms with Gasteiger partial charge in [0.15, 0.2) is 5.78 Å². The van der Waals surface area contributed by atoms with Gasteiger partial charge in [-0.25, -0.2) is 0 Å². The second-order valence-electron chi connectivity index (χ2n) is 6.24. The van der Waals surface area contributed by atoms with Gasteiger partial charge in [-0.2, -0.15) is 13.2 Å². The van der Waals surface area contributed by atoms with Crippen molar-refractivity contribution in [3.05, 3.63) is 35.4 Å². The molecule has 124 valence electrons. The average Bonchev–Trinajstić information content (AvgIpc) is 2.44. The van der Waals surface area contributed by atoms with Crippen LogP contribution in [0.4, 0.5) is 13.2 Å². The fraction of sp³-hybridized carbons (Fsp3) is 0.588. The molecular weight excluding hydrogens is 293 g/mol. The van der Waals surface area contributed by atoms with E-state index in [0.717, 1.165) is 24.1 Å². The molecule has 0 fully saturated rings. The molecule has 0 heterocycles. The van der Waals surface area contributed by atoms with Crippen LogP contribution in [0.25, 0.3) is 0 Å². The molecule has 1 rings (SSSR count). The third kappa shape index (κ3) is 6.60. The van der Waals surface area contributed by atoms with Crippen molar-refractivity contribution in [2.75, 3.05) is 13.2 Å². The van der Waals surface area contributed by atoms with Crippen LogP contribution in [-0.2, 0) is 22.1 Å². The van der Waals surface area contributed by atoms with E-state index in [1.165, 1.54) is 12.1 Å². The topological polar surface area (TPSA) is 26.3 Å². The van der Waals surface area contributed by atoms with Crippen molar-refractivity contribution in [2.45, 2.75) is 46.2 Å². The van der Waals surface area contributed by atoms with Gasteiger partial charge in [0.2, 0.25) is 0 Å². The van der Waals surface area contributed by atoms with Crippen molar-refractivity contribution in [1.29, 1.82) is 0 Å². The van der Waals surface area contributed by atoms with Crippen LogP contribution >= 0.6 is 0 Å². The number of halogens is 3. The van der Waals surface area contributed by atoms with Gasteiger partial charge in [0.25, 0.3) is 0 Å². The summed E-state index contributed by atoms with van der Waals surface area (Å²) < 4.78 is 42.7. The molecule has 5 heteroatoms. The van der Waals surface area contributed by atoms with Crippen LogP contribution in [-0.4, -0.2) is 19.0 Å². The average molecular weight is 316 g/mol. The SMILES string of the molecule is CCC(C)(C)COCC(=O)CCc1ccc(C(F)(F)F)cc1. The minimum absolute atomic E-state index is 0.0354. The summed E-state index contributed by atoms with van der Waals surface area (Å²) in [6.07, 6.45) is -2.66. The highest BCUT2D eigenvalue weighted by atomic mass is 19.4. The lowest BCUT2D eigenvalue weighted by molar-refractivity contribution is -0.137. The summed E-state index contributed by atoms with van der Waals surface area (Å²) in [7, 11) is 0. The number of benzene rings is 1. The maximum Gasteiger partial charge on any atom is 0.416 e. The molecule has 1 aromatic carbocycles. The van der Waals surface area contributed by atoms with Crippen molar-refractivity contribution in [3.63, 3.8) is 0 Å². The molecule has 1 aromatic rings. The summed E-state index contributed by atoms with van der Waals surface area (Å²) >= 11 is 0. The Bertz CT molecular complexity index is 476. The first-order valence-electron chi connectivity index (χ1n) is 7.39. The van der Waals surface area contributed by atoms with Gasteiger partial charge in [-0.15, -0.1) is 0 Å². The van der Waals surface area contributed by atoms with Gasteiger partial charge in [-0.3, -0.25) is 4.79 Å². The molecule has 0 aliphatic carbocycles. The van der Waals surface area contributed by atoms with Crippen molar-refractivity contribution in [1.82, 2.24) is 0 Å². The van der Waals surface area contributed by atoms with Gasteiger partial charge in [-0.1, -0.05) is 32.9 Å². The van der Waals surface area contributed by atoms with Crippen molar-refractivity contribution >= 4 is 5.78 Å². The fourth-order valence-corrected chi connectivity index (χ4v) is 1.76. The van der Waals surface area contributed by atoms with Crippen molar-refractivity contribution in [3.8, 4) is 0 Å². The smallest absolute Gasteiger partial charge is 0.373 e. The van der Waals surface area contributed by atoms with E-state index in [1.807, 2.05) is 0 Å². The first kappa shape index (κ1) is 18.7. The molecule has 22 heavy (non-hydrogen) atoms. The van der Waals surface area contributed by atoms with Gasteiger partial charge in [-0.05, 0) is 36.0 Å². The Morgan fingerprint density at radius 2 is 1.73 bits per heavy atom. The normalized spacial score (nSPS) is 12.5. The Morgan fingerprint density at radius 1 is 1.14 bits per heavy atom. The second-order valence-corrected chi connectivity index (χ2v) is 6.24. The van der Waals surface area contributed by atoms with E-state index in [4.69, 9.17) is 4.74 Å². The standard InChI is InChI=1S/C17H23F3O2/c1-4-16(2,3)12-22-11-15(21)10-7-13-5-8-14(9-6-13)17(18,19)20/h5-6,8-9H,4,7,10-12H2,1-3H3. The quantitative estimate of drug-likeness (QED) is 0.697. The van der Waals surface area contributed by atoms with Crippen LogP contribution in [0, 0.1) is 5.41 Å². The number of hydrogen-bond acceptors (Lipinski definition) is 2. The zero-order chi connectivity index (χ0) is 16.8. The summed E-state index contributed by atoms with van der Waals surface area (Å²) in [5, 5.41) is 0. The van der Waals surface area contributed by atoms with E-state index < -0.39 is 11.7 Å². The van der Waals surface area contributed by atoms with Crippen LogP contribution in [0.15, 0.2) is 24.3 Å². The van der Waals surface area contributed by atoms with Crippen LogP contribution in [0.1, 0.15) is 44.7 Å². The van der Waals surface area contributed by atoms with Crippen molar-refractivity contribution in [2.24, 2.45) is 5.41 Å². The number of rotatable bonds is 8. The number of Topliss-reactive ketones (excluding diaryl/α,β-unsaturated/α-hetero) is 1. The van der Waals surface area contributed by atoms with E-state index in [-0.39, 0.29) is 24.2 Å². The molecule has 0 aliphatic heterocycles. The molecule has 0 N–H and O–H groups in total. The molecule has 2 nitrogen and oxygen atoms in total. The minimum atomic E-state index is -4.33. The van der Waals surface area contributed by atoms with Crippen LogP contribution in [0.5, 0.6) is 0 Å². The third-order valence-corrected chi connectivity index (χ3v) is 3.69. The maximum absolute atomic E-state index is 12.4. The lowest BCUT2D eigenvalue weighted by Crippen LogP contribution is -2.21. The molecule has 0 aliphatic rings. The summed E-state index contributed by atoms with van der Waals surface area (Å²) in [5.41, 5.74) is 0.0937. The Kier molecular flexibility index (Phi) is 6.60. The monoisotopic (exact) mass is 316 g/mol. The molecule has 0 saturated carbocycles. The number of carbonyl (C=O) groups excluding carboxylic acids is 1. The predicted octanol–water partition coefficient (Wildman–Crippen LogP) is 4.66. The zero-order valence-electron chi connectivity index (χ0n) is 13.3. The number of hydrogen-bond donors (Lipinski definition) is 0. The Labute approximate surface area is 129 Å². The number of ether oxygens (including phenoxy) is 1. The van der Waals surface area contributed by atoms with E-state index in [9.17, 15) is 18.0 Å². The first-order valence-corrected chi connectivity index (χ1v) is 7.39. The second kappa shape index (κ2) is 7.77. The van der Waals surface area contributed by atoms with Crippen LogP contribution < -0.4 is 0 Å². The Morgan fingerprint density at radius 3 is 2.23 bits per heavy atom. The maximum atomic E-state index is 12.4. The molecule has 0 aromatic heterocycles. The summed E-state index contributed by atoms with van der Waals surface area (Å²) in [5.74, 6) is -0.0354. The van der Waals surface area contributed by atoms with E-state index in [2.05, 4.69) is 20.8 Å². The molecule has 0 amide bonds. The summed E-state index contributed by atoms with van der Waals surface area (Å²) in [6, 6.07) is 4.91. The molecule has 0 atom stereocenters. The first-order chi connectivity index (χ1) is 10.1. The van der Waals surface area contributed by atoms with E-state index >= 15 is 0 Å². The van der Waals surface area contributed by atoms with Gasteiger partial charge >= 0.3 is 6.18 Å². The van der Waals surface area contributed by atoms with Gasteiger partial charge in [0, 0.05) is 6.42 Å². The predicted molar refractivity (Wildman–Crippen MR) is 79.7 cm³/mol. The zero-order valence-corrected chi connectivity index (χ0v) is 13.3. The number of carbonyl (C=O) groups is 1. The van der Waals surface area contributed by atoms with E-state index in [0.29, 0.717) is 13.0 Å². The van der Waals surface area contributed by atoms with E-state index in [1.54, 1.807) is 0 Å². The summed E-state index contributed by atoms with van der Waals surface area (Å²) in [6.45, 7) is 6.79. The molecule has 0 radical (unpaired) electrons. The molecule has 0 bridgehead atoms. The van der Waals surface area contributed by atoms with Gasteiger partial charge in [0.1, 0.15) is 6.61 Å². The lowest BCUT2D eigenvalue weighted by Gasteiger charge is -2.21. The van der Waals surface area contributed by atoms with Crippen LogP contribution in [0.3, 0.4) is 0 Å². The molecule has 0 unspecified atom stereocenters. The number of aryl methyl sites for hydroxylation is 1. The highest BCUT2D eigenvalue weighted by Gasteiger charge is 2.29. The fourth-order valence-electron chi connectivity index (χ4n) is 1.76. The Balaban J connectivity index is 2.35. The lowest BCUT2D eigenvalue weighted by atomic mass is 9.92. The summed E-state index contributed by atoms with van der Waals surface area (Å²) in [4.78, 5) is 11.7. The Hall–Kier alpha value is -1.36. The van der Waals surface area contributed by atoms with Gasteiger partial charge in [0.05, 0.1) is 12.2 Å². The van der Waals surface area contributed by atoms with Crippen molar-refractivity contribution < 1.29 is 22.7 Å². The molecule has 0 saturated heterocycles. The van der Waals surface area contributed by atoms with Gasteiger partial charge < -0.3 is 4.74 Å². The third-order valence-electron chi connectivity index (χ3n) is 3.69. The largest absolute Gasteiger partial charge is 0.416 e. The number of alkyl halides is 3. The van der Waals surface area contributed by atoms with Crippen LogP contribution in [0.2, 0.25) is 0 Å². The minimum Gasteiger partial charge on any atom is -0.373 e. The number of ketones is 1. The molecular formula is C17H23F3O2. The molecule has 0 spiro atoms.